The van der Waals surface area contributed by atoms with E-state index in [1.165, 1.54) is 19.3 Å². The zero-order chi connectivity index (χ0) is 4.83. The molecule has 0 aliphatic carbocycles. The zero-order valence-corrected chi connectivity index (χ0v) is 22.3. The largest absolute Gasteiger partial charge is 1.00 e. The monoisotopic (exact) mass is 340 g/mol. The molecule has 0 unspecified atom stereocenters. The van der Waals surface area contributed by atoms with Crippen molar-refractivity contribution in [2.75, 3.05) is 0 Å². The molecule has 0 aromatic carbocycles. The summed E-state index contributed by atoms with van der Waals surface area (Å²) in [5.74, 6) is 0. The van der Waals surface area contributed by atoms with Gasteiger partial charge in [0, 0.05) is 0 Å². The SMILES string of the molecule is [CH2-]CCCCC.[Rb+].[Rb+].[Rb+]. The molecule has 0 N–H and O–H groups in total. The summed E-state index contributed by atoms with van der Waals surface area (Å²) in [5.41, 5.74) is 0. The number of unbranched alkanes of at least 4 members (excludes halogenated alkanes) is 3. The van der Waals surface area contributed by atoms with E-state index < -0.39 is 0 Å². The fourth-order valence-corrected chi connectivity index (χ4v) is 0.427. The summed E-state index contributed by atoms with van der Waals surface area (Å²) in [6, 6.07) is 0. The van der Waals surface area contributed by atoms with E-state index in [1.807, 2.05) is 0 Å². The van der Waals surface area contributed by atoms with Gasteiger partial charge < -0.3 is 6.92 Å². The van der Waals surface area contributed by atoms with Crippen molar-refractivity contribution in [2.45, 2.75) is 32.6 Å². The maximum absolute atomic E-state index is 3.72. The first-order valence-corrected chi connectivity index (χ1v) is 2.71. The molecule has 0 radical (unpaired) electrons. The van der Waals surface area contributed by atoms with E-state index >= 15 is 0 Å². The molecular weight excluding hydrogens is 328 g/mol. The predicted octanol–water partition coefficient (Wildman–Crippen LogP) is -6.59. The Morgan fingerprint density at radius 2 is 1.44 bits per heavy atom. The second-order valence-electron chi connectivity index (χ2n) is 1.56. The molecule has 0 saturated carbocycles. The quantitative estimate of drug-likeness (QED) is 0.354. The van der Waals surface area contributed by atoms with Crippen LogP contribution in [0.15, 0.2) is 0 Å². The Bertz CT molecular complexity index is 20.3. The van der Waals surface area contributed by atoms with Crippen molar-refractivity contribution >= 4 is 0 Å². The van der Waals surface area contributed by atoms with E-state index in [0.29, 0.717) is 0 Å². The molecular formula is C6H13Rb3+2. The molecule has 0 aliphatic rings. The third-order valence-electron chi connectivity index (χ3n) is 0.854. The molecule has 0 heterocycles. The number of hydrogen-bond donors (Lipinski definition) is 0. The molecule has 0 spiro atoms. The Kier molecular flexibility index (Phi) is 62.0. The van der Waals surface area contributed by atoms with E-state index in [4.69, 9.17) is 0 Å². The van der Waals surface area contributed by atoms with Gasteiger partial charge in [-0.2, -0.15) is 6.42 Å². The second kappa shape index (κ2) is 23.3. The van der Waals surface area contributed by atoms with Gasteiger partial charge in [0.15, 0.2) is 0 Å². The molecule has 38 valence electrons. The van der Waals surface area contributed by atoms with E-state index in [9.17, 15) is 0 Å². The summed E-state index contributed by atoms with van der Waals surface area (Å²) in [5, 5.41) is 0. The summed E-state index contributed by atoms with van der Waals surface area (Å²) >= 11 is 0. The van der Waals surface area contributed by atoms with E-state index in [-0.39, 0.29) is 175 Å². The molecule has 3 heteroatoms. The van der Waals surface area contributed by atoms with Gasteiger partial charge in [0.05, 0.1) is 0 Å². The van der Waals surface area contributed by atoms with Crippen LogP contribution in [0.1, 0.15) is 32.6 Å². The molecule has 0 saturated heterocycles. The molecule has 0 aliphatic heterocycles. The smallest absolute Gasteiger partial charge is 0.343 e. The maximum Gasteiger partial charge on any atom is 1.00 e. The van der Waals surface area contributed by atoms with E-state index in [1.54, 1.807) is 0 Å². The van der Waals surface area contributed by atoms with Crippen LogP contribution < -0.4 is 175 Å². The van der Waals surface area contributed by atoms with Crippen molar-refractivity contribution in [1.82, 2.24) is 0 Å². The van der Waals surface area contributed by atoms with Gasteiger partial charge in [0.1, 0.15) is 0 Å². The van der Waals surface area contributed by atoms with Crippen LogP contribution in [0.5, 0.6) is 0 Å². The summed E-state index contributed by atoms with van der Waals surface area (Å²) in [6.07, 6.45) is 5.07. The van der Waals surface area contributed by atoms with E-state index in [0.717, 1.165) is 6.42 Å². The Hall–Kier alpha value is 5.42. The summed E-state index contributed by atoms with van der Waals surface area (Å²) in [6.45, 7) is 5.93. The molecule has 0 aromatic heterocycles. The van der Waals surface area contributed by atoms with Crippen molar-refractivity contribution in [3.63, 3.8) is 0 Å². The second-order valence-corrected chi connectivity index (χ2v) is 1.56. The minimum Gasteiger partial charge on any atom is -0.343 e. The predicted molar refractivity (Wildman–Crippen MR) is 29.5 cm³/mol. The molecule has 0 atom stereocenters. The van der Waals surface area contributed by atoms with Gasteiger partial charge in [-0.1, -0.05) is 26.2 Å². The molecule has 0 amide bonds. The third-order valence-corrected chi connectivity index (χ3v) is 0.854. The first-order chi connectivity index (χ1) is 2.91. The zero-order valence-electron chi connectivity index (χ0n) is 7.54. The van der Waals surface area contributed by atoms with Crippen molar-refractivity contribution < 1.29 is 175 Å². The Balaban J connectivity index is -0.0000000417. The molecule has 9 heavy (non-hydrogen) atoms. The molecule has 0 bridgehead atoms. The maximum atomic E-state index is 3.72. The van der Waals surface area contributed by atoms with Crippen LogP contribution >= 0.6 is 0 Å². The normalized spacial score (nSPS) is 6.00. The Labute approximate surface area is 206 Å². The van der Waals surface area contributed by atoms with Gasteiger partial charge in [-0.15, -0.1) is 0 Å². The Morgan fingerprint density at radius 3 is 1.56 bits per heavy atom. The summed E-state index contributed by atoms with van der Waals surface area (Å²) in [7, 11) is 0. The van der Waals surface area contributed by atoms with Gasteiger partial charge in [0.2, 0.25) is 0 Å². The third kappa shape index (κ3) is 24.7. The fraction of sp³-hybridized carbons (Fsp3) is 0.833. The molecule has 0 rings (SSSR count). The van der Waals surface area contributed by atoms with Gasteiger partial charge in [-0.05, 0) is 0 Å². The van der Waals surface area contributed by atoms with Crippen LogP contribution in [-0.2, 0) is 0 Å². The number of rotatable bonds is 3. The summed E-state index contributed by atoms with van der Waals surface area (Å²) < 4.78 is 0. The first-order valence-electron chi connectivity index (χ1n) is 2.71. The van der Waals surface area contributed by atoms with Crippen LogP contribution in [0, 0.1) is 6.92 Å². The van der Waals surface area contributed by atoms with Crippen LogP contribution in [0.3, 0.4) is 0 Å². The standard InChI is InChI=1S/C6H13.3Rb/c1-3-5-6-4-2;;;/h1,3-6H2,2H3;;;/q-1;3*+1. The van der Waals surface area contributed by atoms with Crippen LogP contribution in [0.25, 0.3) is 0 Å². The van der Waals surface area contributed by atoms with Gasteiger partial charge >= 0.3 is 175 Å². The average Bonchev–Trinajstić information content (AvgIpc) is 1.61. The van der Waals surface area contributed by atoms with Crippen molar-refractivity contribution in [1.29, 1.82) is 0 Å². The van der Waals surface area contributed by atoms with Crippen molar-refractivity contribution in [3.05, 3.63) is 6.92 Å². The minimum atomic E-state index is 0. The van der Waals surface area contributed by atoms with Gasteiger partial charge in [-0.25, -0.2) is 0 Å². The van der Waals surface area contributed by atoms with Crippen LogP contribution in [0.4, 0.5) is 0 Å². The molecule has 0 nitrogen and oxygen atoms in total. The molecule has 0 fully saturated rings. The first kappa shape index (κ1) is 23.9. The van der Waals surface area contributed by atoms with E-state index in [2.05, 4.69) is 13.8 Å². The topological polar surface area (TPSA) is 0 Å². The minimum absolute atomic E-state index is 0. The number of hydrogen-bond acceptors (Lipinski definition) is 0. The van der Waals surface area contributed by atoms with Crippen molar-refractivity contribution in [3.8, 4) is 0 Å². The summed E-state index contributed by atoms with van der Waals surface area (Å²) in [4.78, 5) is 0. The van der Waals surface area contributed by atoms with Crippen LogP contribution in [-0.4, -0.2) is 0 Å². The molecule has 0 aromatic rings. The fourth-order valence-electron chi connectivity index (χ4n) is 0.427. The Morgan fingerprint density at radius 1 is 1.00 bits per heavy atom. The van der Waals surface area contributed by atoms with Crippen LogP contribution in [0.2, 0.25) is 0 Å². The average molecular weight is 342 g/mol. The van der Waals surface area contributed by atoms with Gasteiger partial charge in [0.25, 0.3) is 0 Å². The van der Waals surface area contributed by atoms with Crippen molar-refractivity contribution in [2.24, 2.45) is 0 Å². The van der Waals surface area contributed by atoms with Gasteiger partial charge in [-0.3, -0.25) is 0 Å².